The van der Waals surface area contributed by atoms with Crippen LogP contribution in [-0.4, -0.2) is 6.21 Å². The first-order valence-electron chi connectivity index (χ1n) is 2.91. The summed E-state index contributed by atoms with van der Waals surface area (Å²) in [4.78, 5) is 3.98. The molecule has 0 amide bonds. The van der Waals surface area contributed by atoms with Gasteiger partial charge in [0, 0.05) is 12.3 Å². The summed E-state index contributed by atoms with van der Waals surface area (Å²) in [7, 11) is 0. The molecule has 1 aromatic rings. The summed E-state index contributed by atoms with van der Waals surface area (Å²) in [5.74, 6) is 2.86. The third-order valence-corrected chi connectivity index (χ3v) is 1.04. The molecule has 50 valence electrons. The van der Waals surface area contributed by atoms with Crippen LogP contribution in [0, 0.1) is 12.3 Å². The van der Waals surface area contributed by atoms with Crippen molar-refractivity contribution in [3.05, 3.63) is 18.1 Å². The molecule has 0 bridgehead atoms. The predicted octanol–water partition coefficient (Wildman–Crippen LogP) is 1.98. The lowest BCUT2D eigenvalue weighted by atomic mass is 10.4. The Hall–Kier alpha value is -1.49. The lowest BCUT2D eigenvalue weighted by Crippen LogP contribution is -1.65. The highest BCUT2D eigenvalue weighted by Gasteiger charge is 1.97. The van der Waals surface area contributed by atoms with Crippen molar-refractivity contribution in [1.29, 1.82) is 0 Å². The van der Waals surface area contributed by atoms with Gasteiger partial charge < -0.3 is 4.42 Å². The summed E-state index contributed by atoms with van der Waals surface area (Å²) < 4.78 is 4.92. The first kappa shape index (κ1) is 6.63. The van der Waals surface area contributed by atoms with E-state index in [4.69, 9.17) is 10.8 Å². The zero-order valence-electron chi connectivity index (χ0n) is 5.66. The first-order valence-corrected chi connectivity index (χ1v) is 2.91. The van der Waals surface area contributed by atoms with E-state index in [0.717, 1.165) is 0 Å². The molecule has 1 aromatic heterocycles. The second kappa shape index (κ2) is 2.88. The predicted molar refractivity (Wildman–Crippen MR) is 40.5 cm³/mol. The Labute approximate surface area is 59.6 Å². The highest BCUT2D eigenvalue weighted by molar-refractivity contribution is 5.62. The third kappa shape index (κ3) is 1.08. The number of nitrogens with zero attached hydrogens (tertiary/aromatic N) is 1. The maximum absolute atomic E-state index is 5.11. The SMILES string of the molecule is C#Cc1occc1/N=C\C. The Morgan fingerprint density at radius 3 is 3.20 bits per heavy atom. The zero-order valence-corrected chi connectivity index (χ0v) is 5.66. The summed E-state index contributed by atoms with van der Waals surface area (Å²) in [5.41, 5.74) is 0.713. The molecule has 0 aliphatic rings. The van der Waals surface area contributed by atoms with Crippen molar-refractivity contribution in [2.45, 2.75) is 6.92 Å². The van der Waals surface area contributed by atoms with Crippen molar-refractivity contribution in [3.8, 4) is 12.3 Å². The molecular formula is C8H7NO. The fourth-order valence-electron chi connectivity index (χ4n) is 0.651. The number of rotatable bonds is 1. The van der Waals surface area contributed by atoms with Gasteiger partial charge in [-0.15, -0.1) is 6.42 Å². The summed E-state index contributed by atoms with van der Waals surface area (Å²) in [6, 6.07) is 1.73. The van der Waals surface area contributed by atoms with Gasteiger partial charge in [-0.25, -0.2) is 0 Å². The number of hydrogen-bond donors (Lipinski definition) is 0. The maximum Gasteiger partial charge on any atom is 0.201 e. The molecule has 0 aromatic carbocycles. The molecule has 2 heteroatoms. The van der Waals surface area contributed by atoms with Gasteiger partial charge in [0.2, 0.25) is 5.76 Å². The average molecular weight is 133 g/mol. The number of aliphatic imine (C=N–C) groups is 1. The van der Waals surface area contributed by atoms with Gasteiger partial charge in [0.25, 0.3) is 0 Å². The summed E-state index contributed by atoms with van der Waals surface area (Å²) in [6.07, 6.45) is 8.31. The van der Waals surface area contributed by atoms with Gasteiger partial charge in [0.15, 0.2) is 0 Å². The van der Waals surface area contributed by atoms with E-state index in [9.17, 15) is 0 Å². The standard InChI is InChI=1S/C8H7NO/c1-3-8-7(9-4-2)5-6-10-8/h1,4-6H,2H3/b9-4-. The Morgan fingerprint density at radius 1 is 1.80 bits per heavy atom. The molecule has 0 aliphatic heterocycles. The molecule has 0 radical (unpaired) electrons. The molecule has 1 heterocycles. The molecule has 10 heavy (non-hydrogen) atoms. The monoisotopic (exact) mass is 133 g/mol. The van der Waals surface area contributed by atoms with Gasteiger partial charge in [-0.1, -0.05) is 0 Å². The van der Waals surface area contributed by atoms with Crippen molar-refractivity contribution < 1.29 is 4.42 Å². The van der Waals surface area contributed by atoms with Crippen LogP contribution in [-0.2, 0) is 0 Å². The zero-order chi connectivity index (χ0) is 7.40. The minimum Gasteiger partial charge on any atom is -0.454 e. The van der Waals surface area contributed by atoms with Gasteiger partial charge in [-0.3, -0.25) is 4.99 Å². The third-order valence-electron chi connectivity index (χ3n) is 1.04. The smallest absolute Gasteiger partial charge is 0.201 e. The van der Waals surface area contributed by atoms with E-state index in [2.05, 4.69) is 10.9 Å². The van der Waals surface area contributed by atoms with E-state index in [1.54, 1.807) is 12.3 Å². The van der Waals surface area contributed by atoms with Crippen LogP contribution in [0.25, 0.3) is 0 Å². The van der Waals surface area contributed by atoms with Crippen molar-refractivity contribution in [2.24, 2.45) is 4.99 Å². The normalized spacial score (nSPS) is 10.0. The van der Waals surface area contributed by atoms with E-state index in [-0.39, 0.29) is 0 Å². The van der Waals surface area contributed by atoms with Crippen LogP contribution in [0.3, 0.4) is 0 Å². The van der Waals surface area contributed by atoms with Gasteiger partial charge in [0.05, 0.1) is 6.26 Å². The second-order valence-corrected chi connectivity index (χ2v) is 1.67. The Balaban J connectivity index is 3.04. The van der Waals surface area contributed by atoms with Crippen molar-refractivity contribution >= 4 is 11.9 Å². The van der Waals surface area contributed by atoms with Gasteiger partial charge >= 0.3 is 0 Å². The maximum atomic E-state index is 5.11. The first-order chi connectivity index (χ1) is 4.88. The van der Waals surface area contributed by atoms with E-state index < -0.39 is 0 Å². The molecule has 0 saturated heterocycles. The molecule has 2 nitrogen and oxygen atoms in total. The van der Waals surface area contributed by atoms with E-state index in [1.165, 1.54) is 6.26 Å². The Bertz CT molecular complexity index is 278. The van der Waals surface area contributed by atoms with Crippen LogP contribution in [0.4, 0.5) is 5.69 Å². The van der Waals surface area contributed by atoms with Crippen molar-refractivity contribution in [1.82, 2.24) is 0 Å². The summed E-state index contributed by atoms with van der Waals surface area (Å²) >= 11 is 0. The fourth-order valence-corrected chi connectivity index (χ4v) is 0.651. The van der Waals surface area contributed by atoms with Crippen molar-refractivity contribution in [3.63, 3.8) is 0 Å². The Morgan fingerprint density at radius 2 is 2.60 bits per heavy atom. The molecule has 0 aliphatic carbocycles. The Kier molecular flexibility index (Phi) is 1.91. The van der Waals surface area contributed by atoms with Crippen LogP contribution in [0.1, 0.15) is 12.7 Å². The van der Waals surface area contributed by atoms with E-state index >= 15 is 0 Å². The van der Waals surface area contributed by atoms with E-state index in [1.807, 2.05) is 6.92 Å². The van der Waals surface area contributed by atoms with Gasteiger partial charge in [-0.2, -0.15) is 0 Å². The average Bonchev–Trinajstić information content (AvgIpc) is 2.36. The molecule has 0 atom stereocenters. The minimum absolute atomic E-state index is 0.484. The number of terminal acetylenes is 1. The van der Waals surface area contributed by atoms with E-state index in [0.29, 0.717) is 11.4 Å². The minimum atomic E-state index is 0.484. The topological polar surface area (TPSA) is 25.5 Å². The lowest BCUT2D eigenvalue weighted by Gasteiger charge is -1.83. The van der Waals surface area contributed by atoms with Crippen LogP contribution < -0.4 is 0 Å². The molecule has 0 spiro atoms. The molecule has 0 fully saturated rings. The quantitative estimate of drug-likeness (QED) is 0.425. The molecule has 1 rings (SSSR count). The largest absolute Gasteiger partial charge is 0.454 e. The number of furan rings is 1. The van der Waals surface area contributed by atoms with Crippen LogP contribution in [0.15, 0.2) is 21.7 Å². The molecule has 0 N–H and O–H groups in total. The highest BCUT2D eigenvalue weighted by atomic mass is 16.3. The van der Waals surface area contributed by atoms with Crippen LogP contribution in [0.2, 0.25) is 0 Å². The van der Waals surface area contributed by atoms with Gasteiger partial charge in [-0.05, 0) is 12.8 Å². The summed E-state index contributed by atoms with van der Waals surface area (Å²) in [5, 5.41) is 0. The number of hydrogen-bond acceptors (Lipinski definition) is 2. The highest BCUT2D eigenvalue weighted by Crippen LogP contribution is 2.17. The molecular weight excluding hydrogens is 126 g/mol. The van der Waals surface area contributed by atoms with Gasteiger partial charge in [0.1, 0.15) is 5.69 Å². The lowest BCUT2D eigenvalue weighted by molar-refractivity contribution is 0.555. The fraction of sp³-hybridized carbons (Fsp3) is 0.125. The van der Waals surface area contributed by atoms with Crippen molar-refractivity contribution in [2.75, 3.05) is 0 Å². The molecule has 0 unspecified atom stereocenters. The van der Waals surface area contributed by atoms with Crippen LogP contribution >= 0.6 is 0 Å². The molecule has 0 saturated carbocycles. The summed E-state index contributed by atoms with van der Waals surface area (Å²) in [6.45, 7) is 1.83. The second-order valence-electron chi connectivity index (χ2n) is 1.67. The van der Waals surface area contributed by atoms with Crippen LogP contribution in [0.5, 0.6) is 0 Å².